The van der Waals surface area contributed by atoms with Gasteiger partial charge in [-0.25, -0.2) is 4.79 Å². The summed E-state index contributed by atoms with van der Waals surface area (Å²) in [5.74, 6) is -0.493. The van der Waals surface area contributed by atoms with E-state index < -0.39 is 0 Å². The standard InChI is InChI=1S/C39H68O15/c1-3-5-9-36(4-2)38(40)53-34-32-51-30-28-49-26-24-47-22-20-45-18-16-43-14-12-42-13-15-44-17-19-46-21-23-48-25-27-50-29-31-52-33-35-54-39(41)37-10-7-6-8-11-37/h6-8,10-11,36H,3-5,9,12-35H2,1-2H3. The fourth-order valence-electron chi connectivity index (χ4n) is 4.41. The normalized spacial score (nSPS) is 11.9. The summed E-state index contributed by atoms with van der Waals surface area (Å²) in [5, 5.41) is 0. The Morgan fingerprint density at radius 1 is 0.426 bits per heavy atom. The van der Waals surface area contributed by atoms with Gasteiger partial charge in [0.2, 0.25) is 0 Å². The minimum absolute atomic E-state index is 0.00893. The van der Waals surface area contributed by atoms with Crippen LogP contribution in [0.5, 0.6) is 0 Å². The fraction of sp³-hybridized carbons (Fsp3) is 0.795. The monoisotopic (exact) mass is 776 g/mol. The second-order valence-electron chi connectivity index (χ2n) is 11.7. The van der Waals surface area contributed by atoms with Gasteiger partial charge in [0, 0.05) is 0 Å². The largest absolute Gasteiger partial charge is 0.463 e. The minimum Gasteiger partial charge on any atom is -0.463 e. The maximum absolute atomic E-state index is 12.0. The molecule has 0 amide bonds. The van der Waals surface area contributed by atoms with E-state index in [-0.39, 0.29) is 31.1 Å². The highest BCUT2D eigenvalue weighted by Crippen LogP contribution is 2.14. The topological polar surface area (TPSA) is 154 Å². The Labute approximate surface area is 322 Å². The maximum atomic E-state index is 12.0. The zero-order chi connectivity index (χ0) is 38.8. The number of hydrogen-bond donors (Lipinski definition) is 0. The smallest absolute Gasteiger partial charge is 0.338 e. The number of benzene rings is 1. The zero-order valence-electron chi connectivity index (χ0n) is 32.9. The van der Waals surface area contributed by atoms with Gasteiger partial charge in [-0.2, -0.15) is 0 Å². The molecule has 0 aliphatic heterocycles. The van der Waals surface area contributed by atoms with Crippen molar-refractivity contribution in [3.05, 3.63) is 35.9 Å². The van der Waals surface area contributed by atoms with Crippen LogP contribution in [0.15, 0.2) is 30.3 Å². The van der Waals surface area contributed by atoms with E-state index in [4.69, 9.17) is 61.6 Å². The molecule has 0 aliphatic carbocycles. The molecular formula is C39H68O15. The van der Waals surface area contributed by atoms with Crippen LogP contribution in [-0.4, -0.2) is 171 Å². The van der Waals surface area contributed by atoms with Crippen molar-refractivity contribution in [3.63, 3.8) is 0 Å². The van der Waals surface area contributed by atoms with Crippen molar-refractivity contribution in [2.45, 2.75) is 39.5 Å². The maximum Gasteiger partial charge on any atom is 0.338 e. The Balaban J connectivity index is 1.65. The van der Waals surface area contributed by atoms with E-state index in [1.807, 2.05) is 13.0 Å². The molecule has 0 radical (unpaired) electrons. The molecule has 1 rings (SSSR count). The van der Waals surface area contributed by atoms with Crippen molar-refractivity contribution < 1.29 is 71.2 Å². The molecule has 54 heavy (non-hydrogen) atoms. The predicted molar refractivity (Wildman–Crippen MR) is 200 cm³/mol. The molecule has 0 saturated carbocycles. The van der Waals surface area contributed by atoms with Gasteiger partial charge >= 0.3 is 11.9 Å². The summed E-state index contributed by atoms with van der Waals surface area (Å²) in [6, 6.07) is 8.84. The van der Waals surface area contributed by atoms with Crippen LogP contribution in [0.1, 0.15) is 49.9 Å². The van der Waals surface area contributed by atoms with Crippen LogP contribution in [0.25, 0.3) is 0 Å². The molecule has 1 aromatic rings. The molecule has 0 saturated heterocycles. The van der Waals surface area contributed by atoms with E-state index in [0.29, 0.717) is 151 Å². The van der Waals surface area contributed by atoms with Gasteiger partial charge in [-0.3, -0.25) is 4.79 Å². The number of ether oxygens (including phenoxy) is 13. The molecule has 1 aromatic carbocycles. The Hall–Kier alpha value is -2.28. The van der Waals surface area contributed by atoms with Gasteiger partial charge in [0.05, 0.1) is 157 Å². The SMILES string of the molecule is CCCCC(CC)C(=O)OCCOCCOCCOCCOCCOCCOCCOCCOCCOCCOCCOCCOC(=O)c1ccccc1. The molecule has 0 aromatic heterocycles. The number of carbonyl (C=O) groups is 2. The van der Waals surface area contributed by atoms with Crippen LogP contribution < -0.4 is 0 Å². The van der Waals surface area contributed by atoms with Gasteiger partial charge < -0.3 is 61.6 Å². The second-order valence-corrected chi connectivity index (χ2v) is 11.7. The van der Waals surface area contributed by atoms with Crippen molar-refractivity contribution in [2.75, 3.05) is 159 Å². The van der Waals surface area contributed by atoms with Crippen molar-refractivity contribution in [3.8, 4) is 0 Å². The van der Waals surface area contributed by atoms with Gasteiger partial charge in [-0.05, 0) is 25.0 Å². The minimum atomic E-state index is -0.360. The van der Waals surface area contributed by atoms with Crippen LogP contribution in [0.4, 0.5) is 0 Å². The molecule has 1 unspecified atom stereocenters. The Morgan fingerprint density at radius 2 is 0.722 bits per heavy atom. The summed E-state index contributed by atoms with van der Waals surface area (Å²) in [7, 11) is 0. The molecule has 0 spiro atoms. The number of hydrogen-bond acceptors (Lipinski definition) is 15. The molecule has 314 valence electrons. The van der Waals surface area contributed by atoms with Gasteiger partial charge in [-0.1, -0.05) is 44.9 Å². The average Bonchev–Trinajstić information content (AvgIpc) is 3.19. The highest BCUT2D eigenvalue weighted by molar-refractivity contribution is 5.89. The Kier molecular flexibility index (Phi) is 37.2. The first-order valence-electron chi connectivity index (χ1n) is 19.4. The van der Waals surface area contributed by atoms with Crippen LogP contribution in [-0.2, 0) is 66.4 Å². The first-order valence-corrected chi connectivity index (χ1v) is 19.4. The van der Waals surface area contributed by atoms with E-state index in [1.165, 1.54) is 0 Å². The van der Waals surface area contributed by atoms with E-state index in [0.717, 1.165) is 25.7 Å². The van der Waals surface area contributed by atoms with E-state index in [2.05, 4.69) is 6.92 Å². The van der Waals surface area contributed by atoms with Gasteiger partial charge in [0.1, 0.15) is 13.2 Å². The van der Waals surface area contributed by atoms with Gasteiger partial charge in [0.25, 0.3) is 0 Å². The summed E-state index contributed by atoms with van der Waals surface area (Å²) < 4.78 is 70.6. The highest BCUT2D eigenvalue weighted by Gasteiger charge is 2.17. The third-order valence-electron chi connectivity index (χ3n) is 7.39. The first-order chi connectivity index (χ1) is 26.7. The molecule has 0 heterocycles. The van der Waals surface area contributed by atoms with Crippen LogP contribution >= 0.6 is 0 Å². The van der Waals surface area contributed by atoms with Crippen molar-refractivity contribution in [1.29, 1.82) is 0 Å². The lowest BCUT2D eigenvalue weighted by atomic mass is 10.00. The molecule has 0 fully saturated rings. The average molecular weight is 777 g/mol. The Bertz CT molecular complexity index is 940. The van der Waals surface area contributed by atoms with Crippen LogP contribution in [0, 0.1) is 5.92 Å². The zero-order valence-corrected chi connectivity index (χ0v) is 32.9. The first kappa shape index (κ1) is 49.7. The highest BCUT2D eigenvalue weighted by atomic mass is 16.6. The third-order valence-corrected chi connectivity index (χ3v) is 7.39. The van der Waals surface area contributed by atoms with Crippen LogP contribution in [0.2, 0.25) is 0 Å². The third kappa shape index (κ3) is 33.1. The van der Waals surface area contributed by atoms with Crippen LogP contribution in [0.3, 0.4) is 0 Å². The predicted octanol–water partition coefficient (Wildman–Crippen LogP) is 3.79. The molecule has 0 N–H and O–H groups in total. The molecule has 15 heteroatoms. The second kappa shape index (κ2) is 40.4. The number of carbonyl (C=O) groups excluding carboxylic acids is 2. The number of rotatable bonds is 42. The molecule has 15 nitrogen and oxygen atoms in total. The molecule has 1 atom stereocenters. The summed E-state index contributed by atoms with van der Waals surface area (Å²) in [4.78, 5) is 23.8. The lowest BCUT2D eigenvalue weighted by Gasteiger charge is -2.13. The number of unbranched alkanes of at least 4 members (excludes halogenated alkanes) is 1. The van der Waals surface area contributed by atoms with Crippen molar-refractivity contribution in [2.24, 2.45) is 5.92 Å². The summed E-state index contributed by atoms with van der Waals surface area (Å²) in [6.07, 6.45) is 3.82. The quantitative estimate of drug-likeness (QED) is 0.0699. The molecule has 0 aliphatic rings. The van der Waals surface area contributed by atoms with Gasteiger partial charge in [-0.15, -0.1) is 0 Å². The van der Waals surface area contributed by atoms with Gasteiger partial charge in [0.15, 0.2) is 0 Å². The van der Waals surface area contributed by atoms with E-state index >= 15 is 0 Å². The summed E-state index contributed by atoms with van der Waals surface area (Å²) >= 11 is 0. The summed E-state index contributed by atoms with van der Waals surface area (Å²) in [5.41, 5.74) is 0.522. The molecular weight excluding hydrogens is 708 g/mol. The lowest BCUT2D eigenvalue weighted by molar-refractivity contribution is -0.150. The molecule has 0 bridgehead atoms. The van der Waals surface area contributed by atoms with Crippen molar-refractivity contribution in [1.82, 2.24) is 0 Å². The van der Waals surface area contributed by atoms with E-state index in [9.17, 15) is 9.59 Å². The fourth-order valence-corrected chi connectivity index (χ4v) is 4.41. The van der Waals surface area contributed by atoms with E-state index in [1.54, 1.807) is 24.3 Å². The Morgan fingerprint density at radius 3 is 1.02 bits per heavy atom. The number of esters is 2. The summed E-state index contributed by atoms with van der Waals surface area (Å²) in [6.45, 7) is 14.7. The van der Waals surface area contributed by atoms with Crippen molar-refractivity contribution >= 4 is 11.9 Å². The lowest BCUT2D eigenvalue weighted by Crippen LogP contribution is -2.20.